The molecule has 5 nitrogen and oxygen atoms in total. The van der Waals surface area contributed by atoms with Gasteiger partial charge in [-0.1, -0.05) is 29.8 Å². The molecule has 0 radical (unpaired) electrons. The summed E-state index contributed by atoms with van der Waals surface area (Å²) in [5.74, 6) is 0. The number of para-hydroxylation sites is 1. The molecule has 0 saturated carbocycles. The van der Waals surface area contributed by atoms with E-state index in [2.05, 4.69) is 15.2 Å². The Morgan fingerprint density at radius 3 is 2.58 bits per heavy atom. The zero-order chi connectivity index (χ0) is 16.9. The van der Waals surface area contributed by atoms with Crippen molar-refractivity contribution in [3.05, 3.63) is 59.4 Å². The molecule has 0 aliphatic carbocycles. The van der Waals surface area contributed by atoms with E-state index in [9.17, 15) is 4.79 Å². The third-order valence-electron chi connectivity index (χ3n) is 4.28. The van der Waals surface area contributed by atoms with Crippen LogP contribution in [0, 0.1) is 0 Å². The molecule has 2 heterocycles. The van der Waals surface area contributed by atoms with Crippen LogP contribution >= 0.6 is 11.6 Å². The number of carbonyl (C=O) groups excluding carboxylic acids is 1. The normalized spacial score (nSPS) is 15.9. The lowest BCUT2D eigenvalue weighted by Crippen LogP contribution is -2.52. The maximum Gasteiger partial charge on any atom is 0.317 e. The van der Waals surface area contributed by atoms with E-state index in [1.807, 2.05) is 48.2 Å². The van der Waals surface area contributed by atoms with Crippen LogP contribution in [0.2, 0.25) is 5.02 Å². The summed E-state index contributed by atoms with van der Waals surface area (Å²) in [6.07, 6.45) is 3.51. The van der Waals surface area contributed by atoms with Crippen LogP contribution in [0.25, 0.3) is 0 Å². The lowest BCUT2D eigenvalue weighted by molar-refractivity contribution is 0.191. The van der Waals surface area contributed by atoms with Gasteiger partial charge in [0, 0.05) is 38.6 Å². The van der Waals surface area contributed by atoms with Crippen molar-refractivity contribution in [2.45, 2.75) is 13.0 Å². The number of nitrogens with zero attached hydrogens (tertiary/aromatic N) is 3. The number of benzene rings is 1. The Labute approximate surface area is 147 Å². The van der Waals surface area contributed by atoms with Gasteiger partial charge in [-0.05, 0) is 30.7 Å². The Morgan fingerprint density at radius 1 is 1.17 bits per heavy atom. The van der Waals surface area contributed by atoms with Crippen molar-refractivity contribution in [3.63, 3.8) is 0 Å². The van der Waals surface area contributed by atoms with Crippen molar-refractivity contribution in [2.75, 3.05) is 31.1 Å². The van der Waals surface area contributed by atoms with Gasteiger partial charge in [-0.25, -0.2) is 4.79 Å². The van der Waals surface area contributed by atoms with Crippen LogP contribution in [0.15, 0.2) is 48.8 Å². The van der Waals surface area contributed by atoms with E-state index in [4.69, 9.17) is 11.6 Å². The number of nitrogens with one attached hydrogen (secondary N) is 1. The molecule has 2 aromatic rings. The minimum absolute atomic E-state index is 0.0369. The molecule has 2 amide bonds. The van der Waals surface area contributed by atoms with Crippen molar-refractivity contribution in [3.8, 4) is 0 Å². The van der Waals surface area contributed by atoms with Crippen LogP contribution in [0.3, 0.4) is 0 Å². The van der Waals surface area contributed by atoms with Crippen LogP contribution < -0.4 is 10.2 Å². The first-order valence-corrected chi connectivity index (χ1v) is 8.48. The van der Waals surface area contributed by atoms with Gasteiger partial charge in [-0.2, -0.15) is 0 Å². The predicted molar refractivity (Wildman–Crippen MR) is 96.4 cm³/mol. The highest BCUT2D eigenvalue weighted by molar-refractivity contribution is 6.33. The summed E-state index contributed by atoms with van der Waals surface area (Å²) >= 11 is 6.25. The number of hydrogen-bond acceptors (Lipinski definition) is 3. The first-order chi connectivity index (χ1) is 11.6. The predicted octanol–water partition coefficient (Wildman–Crippen LogP) is 3.33. The van der Waals surface area contributed by atoms with E-state index in [0.29, 0.717) is 13.1 Å². The SMILES string of the molecule is C[C@@H](NC(=O)N1CCN(c2ccccc2Cl)CC1)c1cccnc1. The first-order valence-electron chi connectivity index (χ1n) is 8.10. The van der Waals surface area contributed by atoms with Crippen LogP contribution in [0.1, 0.15) is 18.5 Å². The second-order valence-corrected chi connectivity index (χ2v) is 6.29. The molecule has 1 atom stereocenters. The molecule has 1 aromatic heterocycles. The monoisotopic (exact) mass is 344 g/mol. The minimum atomic E-state index is -0.0622. The van der Waals surface area contributed by atoms with E-state index in [0.717, 1.165) is 29.4 Å². The average molecular weight is 345 g/mol. The second kappa shape index (κ2) is 7.53. The lowest BCUT2D eigenvalue weighted by Gasteiger charge is -2.36. The van der Waals surface area contributed by atoms with Crippen molar-refractivity contribution in [2.24, 2.45) is 0 Å². The van der Waals surface area contributed by atoms with Crippen LogP contribution in [-0.2, 0) is 0 Å². The summed E-state index contributed by atoms with van der Waals surface area (Å²) < 4.78 is 0. The molecule has 1 aliphatic rings. The Kier molecular flexibility index (Phi) is 5.20. The maximum absolute atomic E-state index is 12.4. The standard InChI is InChI=1S/C18H21ClN4O/c1-14(15-5-4-8-20-13-15)21-18(24)23-11-9-22(10-12-23)17-7-3-2-6-16(17)19/h2-8,13-14H,9-12H2,1H3,(H,21,24)/t14-/m1/s1. The minimum Gasteiger partial charge on any atom is -0.367 e. The zero-order valence-corrected chi connectivity index (χ0v) is 14.4. The largest absolute Gasteiger partial charge is 0.367 e. The third kappa shape index (κ3) is 3.79. The number of aromatic nitrogens is 1. The number of rotatable bonds is 3. The lowest BCUT2D eigenvalue weighted by atomic mass is 10.1. The highest BCUT2D eigenvalue weighted by Crippen LogP contribution is 2.26. The molecule has 24 heavy (non-hydrogen) atoms. The molecule has 1 fully saturated rings. The van der Waals surface area contributed by atoms with Gasteiger partial charge in [0.1, 0.15) is 0 Å². The van der Waals surface area contributed by atoms with Gasteiger partial charge in [-0.15, -0.1) is 0 Å². The van der Waals surface area contributed by atoms with Crippen molar-refractivity contribution in [1.29, 1.82) is 0 Å². The van der Waals surface area contributed by atoms with E-state index in [1.165, 1.54) is 0 Å². The van der Waals surface area contributed by atoms with E-state index >= 15 is 0 Å². The van der Waals surface area contributed by atoms with Gasteiger partial charge in [0.15, 0.2) is 0 Å². The molecular formula is C18H21ClN4O. The molecule has 126 valence electrons. The zero-order valence-electron chi connectivity index (χ0n) is 13.7. The molecule has 3 rings (SSSR count). The number of pyridine rings is 1. The second-order valence-electron chi connectivity index (χ2n) is 5.88. The Morgan fingerprint density at radius 2 is 1.92 bits per heavy atom. The highest BCUT2D eigenvalue weighted by Gasteiger charge is 2.23. The molecule has 1 N–H and O–H groups in total. The molecular weight excluding hydrogens is 324 g/mol. The van der Waals surface area contributed by atoms with Crippen molar-refractivity contribution in [1.82, 2.24) is 15.2 Å². The van der Waals surface area contributed by atoms with E-state index in [1.54, 1.807) is 12.4 Å². The van der Waals surface area contributed by atoms with E-state index in [-0.39, 0.29) is 12.1 Å². The molecule has 6 heteroatoms. The molecule has 1 aliphatic heterocycles. The maximum atomic E-state index is 12.4. The summed E-state index contributed by atoms with van der Waals surface area (Å²) in [5.41, 5.74) is 2.03. The van der Waals surface area contributed by atoms with Crippen LogP contribution in [0.4, 0.5) is 10.5 Å². The van der Waals surface area contributed by atoms with Crippen LogP contribution in [-0.4, -0.2) is 42.1 Å². The number of carbonyl (C=O) groups is 1. The topological polar surface area (TPSA) is 48.5 Å². The molecule has 1 saturated heterocycles. The quantitative estimate of drug-likeness (QED) is 0.929. The molecule has 0 bridgehead atoms. The number of hydrogen-bond donors (Lipinski definition) is 1. The van der Waals surface area contributed by atoms with Crippen molar-refractivity contribution >= 4 is 23.3 Å². The van der Waals surface area contributed by atoms with Gasteiger partial charge in [-0.3, -0.25) is 4.98 Å². The fraction of sp³-hybridized carbons (Fsp3) is 0.333. The fourth-order valence-electron chi connectivity index (χ4n) is 2.85. The number of anilines is 1. The summed E-state index contributed by atoms with van der Waals surface area (Å²) in [5, 5.41) is 3.78. The highest BCUT2D eigenvalue weighted by atomic mass is 35.5. The van der Waals surface area contributed by atoms with Gasteiger partial charge < -0.3 is 15.1 Å². The van der Waals surface area contributed by atoms with E-state index < -0.39 is 0 Å². The summed E-state index contributed by atoms with van der Waals surface area (Å²) in [6.45, 7) is 4.87. The number of amides is 2. The summed E-state index contributed by atoms with van der Waals surface area (Å²) in [4.78, 5) is 20.6. The summed E-state index contributed by atoms with van der Waals surface area (Å²) in [7, 11) is 0. The average Bonchev–Trinajstić information content (AvgIpc) is 2.63. The summed E-state index contributed by atoms with van der Waals surface area (Å²) in [6, 6.07) is 11.6. The number of halogens is 1. The Hall–Kier alpha value is -2.27. The fourth-order valence-corrected chi connectivity index (χ4v) is 3.11. The first kappa shape index (κ1) is 16.6. The third-order valence-corrected chi connectivity index (χ3v) is 4.60. The van der Waals surface area contributed by atoms with Crippen molar-refractivity contribution < 1.29 is 4.79 Å². The molecule has 0 spiro atoms. The molecule has 1 aromatic carbocycles. The Balaban J connectivity index is 1.55. The van der Waals surface area contributed by atoms with Gasteiger partial charge in [0.05, 0.1) is 16.8 Å². The number of urea groups is 1. The molecule has 0 unspecified atom stereocenters. The van der Waals surface area contributed by atoms with Gasteiger partial charge in [0.25, 0.3) is 0 Å². The Bertz CT molecular complexity index is 686. The van der Waals surface area contributed by atoms with Crippen LogP contribution in [0.5, 0.6) is 0 Å². The smallest absolute Gasteiger partial charge is 0.317 e. The van der Waals surface area contributed by atoms with Gasteiger partial charge in [0.2, 0.25) is 0 Å². The number of piperazine rings is 1. The van der Waals surface area contributed by atoms with Gasteiger partial charge >= 0.3 is 6.03 Å².